The number of nitrogens with zero attached hydrogens (tertiary/aromatic N) is 1. The van der Waals surface area contributed by atoms with E-state index in [1.165, 1.54) is 19.3 Å². The van der Waals surface area contributed by atoms with Crippen LogP contribution in [0.25, 0.3) is 0 Å². The Labute approximate surface area is 192 Å². The normalized spacial score (nSPS) is 17.6. The highest BCUT2D eigenvalue weighted by Crippen LogP contribution is 2.28. The first kappa shape index (κ1) is 25.7. The van der Waals surface area contributed by atoms with Gasteiger partial charge in [-0.3, -0.25) is 9.69 Å². The molecule has 0 atom stereocenters. The SMILES string of the molecule is COc1cc(CNCCCN2CCOCC2)ccc1OCC(=O)NC1CCCCC1.Cl. The van der Waals surface area contributed by atoms with E-state index in [1.54, 1.807) is 7.11 Å². The fourth-order valence-electron chi connectivity index (χ4n) is 4.09. The predicted octanol–water partition coefficient (Wildman–Crippen LogP) is 2.76. The van der Waals surface area contributed by atoms with Crippen LogP contribution in [0.3, 0.4) is 0 Å². The molecule has 1 saturated carbocycles. The van der Waals surface area contributed by atoms with Crippen molar-refractivity contribution in [3.8, 4) is 11.5 Å². The van der Waals surface area contributed by atoms with E-state index in [0.29, 0.717) is 17.5 Å². The first-order valence-corrected chi connectivity index (χ1v) is 11.3. The molecule has 1 amide bonds. The Hall–Kier alpha value is -1.54. The van der Waals surface area contributed by atoms with Gasteiger partial charge in [0.15, 0.2) is 18.1 Å². The largest absolute Gasteiger partial charge is 0.493 e. The number of morpholine rings is 1. The molecule has 1 aliphatic heterocycles. The summed E-state index contributed by atoms with van der Waals surface area (Å²) in [6.07, 6.45) is 6.93. The number of carbonyl (C=O) groups excluding carboxylic acids is 1. The van der Waals surface area contributed by atoms with Gasteiger partial charge in [-0.2, -0.15) is 0 Å². The van der Waals surface area contributed by atoms with Gasteiger partial charge in [0.1, 0.15) is 0 Å². The molecule has 0 bridgehead atoms. The van der Waals surface area contributed by atoms with Gasteiger partial charge in [-0.25, -0.2) is 0 Å². The van der Waals surface area contributed by atoms with Crippen molar-refractivity contribution in [1.29, 1.82) is 0 Å². The van der Waals surface area contributed by atoms with Crippen LogP contribution in [0.5, 0.6) is 11.5 Å². The lowest BCUT2D eigenvalue weighted by atomic mass is 9.95. The molecule has 0 unspecified atom stereocenters. The van der Waals surface area contributed by atoms with Crippen LogP contribution < -0.4 is 20.1 Å². The van der Waals surface area contributed by atoms with Crippen molar-refractivity contribution >= 4 is 18.3 Å². The van der Waals surface area contributed by atoms with Crippen molar-refractivity contribution in [3.05, 3.63) is 23.8 Å². The van der Waals surface area contributed by atoms with Gasteiger partial charge in [-0.15, -0.1) is 12.4 Å². The molecule has 2 aliphatic rings. The number of methoxy groups -OCH3 is 1. The highest BCUT2D eigenvalue weighted by Gasteiger charge is 2.16. The second-order valence-electron chi connectivity index (χ2n) is 8.16. The molecule has 2 fully saturated rings. The Morgan fingerprint density at radius 3 is 2.68 bits per heavy atom. The average molecular weight is 456 g/mol. The molecule has 0 aromatic heterocycles. The van der Waals surface area contributed by atoms with Gasteiger partial charge < -0.3 is 24.8 Å². The zero-order valence-corrected chi connectivity index (χ0v) is 19.5. The summed E-state index contributed by atoms with van der Waals surface area (Å²) in [5.41, 5.74) is 1.14. The molecule has 2 N–H and O–H groups in total. The van der Waals surface area contributed by atoms with Crippen LogP contribution in [0, 0.1) is 0 Å². The van der Waals surface area contributed by atoms with E-state index in [1.807, 2.05) is 18.2 Å². The van der Waals surface area contributed by atoms with Crippen molar-refractivity contribution < 1.29 is 19.0 Å². The van der Waals surface area contributed by atoms with Crippen molar-refractivity contribution in [2.45, 2.75) is 51.1 Å². The van der Waals surface area contributed by atoms with Crippen LogP contribution in [0.4, 0.5) is 0 Å². The van der Waals surface area contributed by atoms with Crippen LogP contribution >= 0.6 is 12.4 Å². The topological polar surface area (TPSA) is 72.1 Å². The number of benzene rings is 1. The number of nitrogens with one attached hydrogen (secondary N) is 2. The molecule has 1 aromatic carbocycles. The Kier molecular flexibility index (Phi) is 12.0. The molecule has 7 nitrogen and oxygen atoms in total. The fourth-order valence-corrected chi connectivity index (χ4v) is 4.09. The number of rotatable bonds is 11. The maximum atomic E-state index is 12.2. The average Bonchev–Trinajstić information content (AvgIpc) is 2.79. The maximum absolute atomic E-state index is 12.2. The van der Waals surface area contributed by atoms with E-state index in [-0.39, 0.29) is 24.9 Å². The van der Waals surface area contributed by atoms with Gasteiger partial charge in [0.25, 0.3) is 5.91 Å². The Morgan fingerprint density at radius 1 is 1.16 bits per heavy atom. The molecule has 1 saturated heterocycles. The minimum Gasteiger partial charge on any atom is -0.493 e. The molecule has 3 rings (SSSR count). The van der Waals surface area contributed by atoms with Crippen molar-refractivity contribution in [2.24, 2.45) is 0 Å². The van der Waals surface area contributed by atoms with Gasteiger partial charge in [0.2, 0.25) is 0 Å². The molecule has 1 heterocycles. The number of hydrogen-bond acceptors (Lipinski definition) is 6. The van der Waals surface area contributed by atoms with Gasteiger partial charge in [0, 0.05) is 25.7 Å². The summed E-state index contributed by atoms with van der Waals surface area (Å²) in [6.45, 7) is 6.66. The Balaban J connectivity index is 0.00000341. The molecule has 0 spiro atoms. The van der Waals surface area contributed by atoms with Crippen LogP contribution in [-0.2, 0) is 16.1 Å². The predicted molar refractivity (Wildman–Crippen MR) is 124 cm³/mol. The number of ether oxygens (including phenoxy) is 3. The highest BCUT2D eigenvalue weighted by atomic mass is 35.5. The first-order valence-electron chi connectivity index (χ1n) is 11.3. The first-order chi connectivity index (χ1) is 14.7. The lowest BCUT2D eigenvalue weighted by Crippen LogP contribution is -2.39. The monoisotopic (exact) mass is 455 g/mol. The van der Waals surface area contributed by atoms with E-state index in [4.69, 9.17) is 14.2 Å². The molecule has 0 radical (unpaired) electrons. The molecular weight excluding hydrogens is 418 g/mol. The second-order valence-corrected chi connectivity index (χ2v) is 8.16. The number of hydrogen-bond donors (Lipinski definition) is 2. The zero-order chi connectivity index (χ0) is 21.0. The molecule has 1 aliphatic carbocycles. The van der Waals surface area contributed by atoms with Crippen LogP contribution in [0.2, 0.25) is 0 Å². The smallest absolute Gasteiger partial charge is 0.258 e. The highest BCUT2D eigenvalue weighted by molar-refractivity contribution is 5.85. The minimum atomic E-state index is -0.0602. The van der Waals surface area contributed by atoms with E-state index in [0.717, 1.165) is 70.8 Å². The number of halogens is 1. The van der Waals surface area contributed by atoms with Gasteiger partial charge in [-0.05, 0) is 50.0 Å². The summed E-state index contributed by atoms with van der Waals surface area (Å²) in [5.74, 6) is 1.20. The molecule has 8 heteroatoms. The molecule has 1 aromatic rings. The summed E-state index contributed by atoms with van der Waals surface area (Å²) in [6, 6.07) is 6.18. The number of amides is 1. The summed E-state index contributed by atoms with van der Waals surface area (Å²) in [5, 5.41) is 6.57. The summed E-state index contributed by atoms with van der Waals surface area (Å²) in [7, 11) is 1.63. The summed E-state index contributed by atoms with van der Waals surface area (Å²) in [4.78, 5) is 14.6. The Morgan fingerprint density at radius 2 is 1.94 bits per heavy atom. The van der Waals surface area contributed by atoms with E-state index >= 15 is 0 Å². The van der Waals surface area contributed by atoms with Gasteiger partial charge >= 0.3 is 0 Å². The van der Waals surface area contributed by atoms with Crippen molar-refractivity contribution in [2.75, 3.05) is 53.1 Å². The fraction of sp³-hybridized carbons (Fsp3) is 0.696. The van der Waals surface area contributed by atoms with Gasteiger partial charge in [0.05, 0.1) is 20.3 Å². The van der Waals surface area contributed by atoms with Crippen LogP contribution in [0.1, 0.15) is 44.1 Å². The minimum absolute atomic E-state index is 0. The maximum Gasteiger partial charge on any atom is 0.258 e. The third-order valence-corrected chi connectivity index (χ3v) is 5.82. The number of carbonyl (C=O) groups is 1. The third kappa shape index (κ3) is 9.23. The summed E-state index contributed by atoms with van der Waals surface area (Å²) < 4.78 is 16.6. The molecular formula is C23H38ClN3O4. The van der Waals surface area contributed by atoms with E-state index < -0.39 is 0 Å². The van der Waals surface area contributed by atoms with E-state index in [9.17, 15) is 4.79 Å². The second kappa shape index (κ2) is 14.5. The van der Waals surface area contributed by atoms with Crippen molar-refractivity contribution in [1.82, 2.24) is 15.5 Å². The zero-order valence-electron chi connectivity index (χ0n) is 18.7. The third-order valence-electron chi connectivity index (χ3n) is 5.82. The van der Waals surface area contributed by atoms with Crippen LogP contribution in [-0.4, -0.2) is 70.0 Å². The van der Waals surface area contributed by atoms with Crippen LogP contribution in [0.15, 0.2) is 18.2 Å². The van der Waals surface area contributed by atoms with E-state index in [2.05, 4.69) is 15.5 Å². The van der Waals surface area contributed by atoms with Crippen molar-refractivity contribution in [3.63, 3.8) is 0 Å². The summed E-state index contributed by atoms with van der Waals surface area (Å²) >= 11 is 0. The Bertz CT molecular complexity index is 650. The standard InChI is InChI=1S/C23H37N3O4.ClH/c1-28-22-16-19(17-24-10-5-11-26-12-14-29-15-13-26)8-9-21(22)30-18-23(27)25-20-6-3-2-4-7-20;/h8-9,16,20,24H,2-7,10-15,17-18H2,1H3,(H,25,27);1H. The lowest BCUT2D eigenvalue weighted by Gasteiger charge is -2.26. The lowest BCUT2D eigenvalue weighted by molar-refractivity contribution is -0.124. The molecule has 176 valence electrons. The quantitative estimate of drug-likeness (QED) is 0.500. The van der Waals surface area contributed by atoms with Gasteiger partial charge in [-0.1, -0.05) is 25.3 Å². The molecule has 31 heavy (non-hydrogen) atoms.